The van der Waals surface area contributed by atoms with Crippen molar-refractivity contribution in [3.05, 3.63) is 81.1 Å². The zero-order valence-electron chi connectivity index (χ0n) is 16.0. The van der Waals surface area contributed by atoms with Crippen LogP contribution in [0.2, 0.25) is 15.1 Å². The summed E-state index contributed by atoms with van der Waals surface area (Å²) in [6, 6.07) is 10.0. The van der Waals surface area contributed by atoms with Gasteiger partial charge in [0.15, 0.2) is 15.0 Å². The van der Waals surface area contributed by atoms with Crippen LogP contribution in [0.5, 0.6) is 0 Å². The van der Waals surface area contributed by atoms with Crippen LogP contribution < -0.4 is 0 Å². The van der Waals surface area contributed by atoms with E-state index < -0.39 is 9.84 Å². The van der Waals surface area contributed by atoms with E-state index in [4.69, 9.17) is 34.8 Å². The molecule has 0 aliphatic heterocycles. The molecule has 3 rings (SSSR count). The molecule has 3 aromatic rings. The molecule has 0 radical (unpaired) electrons. The van der Waals surface area contributed by atoms with Crippen LogP contribution in [0.1, 0.15) is 17.0 Å². The fourth-order valence-corrected chi connectivity index (χ4v) is 5.80. The van der Waals surface area contributed by atoms with Gasteiger partial charge >= 0.3 is 0 Å². The maximum Gasteiger partial charge on any atom is 0.191 e. The van der Waals surface area contributed by atoms with E-state index in [0.29, 0.717) is 43.9 Å². The second-order valence-electron chi connectivity index (χ2n) is 6.48. The zero-order valence-corrected chi connectivity index (χ0v) is 19.9. The lowest BCUT2D eigenvalue weighted by molar-refractivity contribution is 0.590. The summed E-state index contributed by atoms with van der Waals surface area (Å²) < 4.78 is 27.4. The second-order valence-corrected chi connectivity index (χ2v) is 10.6. The Morgan fingerprint density at radius 3 is 2.40 bits per heavy atom. The highest BCUT2D eigenvalue weighted by Crippen LogP contribution is 2.35. The molecule has 0 N–H and O–H groups in total. The first-order valence-corrected chi connectivity index (χ1v) is 12.6. The molecule has 1 heterocycles. The van der Waals surface area contributed by atoms with Gasteiger partial charge in [0.25, 0.3) is 0 Å². The summed E-state index contributed by atoms with van der Waals surface area (Å²) >= 11 is 19.9. The van der Waals surface area contributed by atoms with Crippen LogP contribution in [0.25, 0.3) is 0 Å². The molecule has 158 valence electrons. The lowest BCUT2D eigenvalue weighted by Gasteiger charge is -2.10. The standard InChI is InChI=1S/C20H18Cl3N3O2S2/c1-3-10-26-18(12-30(27,28)14-6-4-13(2)5-7-14)24-25-20(26)29-11-15-16(21)8-9-17(22)19(15)23/h3-9H,1,10-12H2,2H3. The molecule has 0 unspecified atom stereocenters. The molecule has 0 amide bonds. The van der Waals surface area contributed by atoms with E-state index in [0.717, 1.165) is 5.56 Å². The molecule has 0 aliphatic carbocycles. The van der Waals surface area contributed by atoms with Crippen molar-refractivity contribution in [1.29, 1.82) is 0 Å². The van der Waals surface area contributed by atoms with Crippen molar-refractivity contribution in [3.63, 3.8) is 0 Å². The molecule has 0 bridgehead atoms. The van der Waals surface area contributed by atoms with Crippen LogP contribution in [-0.4, -0.2) is 23.2 Å². The molecule has 0 saturated carbocycles. The number of hydrogen-bond acceptors (Lipinski definition) is 5. The topological polar surface area (TPSA) is 64.8 Å². The summed E-state index contributed by atoms with van der Waals surface area (Å²) in [5, 5.41) is 10.1. The molecule has 0 saturated heterocycles. The Labute approximate surface area is 195 Å². The number of aryl methyl sites for hydroxylation is 1. The fourth-order valence-electron chi connectivity index (χ4n) is 2.68. The Morgan fingerprint density at radius 1 is 1.07 bits per heavy atom. The first-order valence-electron chi connectivity index (χ1n) is 8.80. The fraction of sp³-hybridized carbons (Fsp3) is 0.200. The smallest absolute Gasteiger partial charge is 0.191 e. The van der Waals surface area contributed by atoms with Gasteiger partial charge in [-0.05, 0) is 31.2 Å². The van der Waals surface area contributed by atoms with Gasteiger partial charge in [-0.3, -0.25) is 0 Å². The molecular formula is C20H18Cl3N3O2S2. The number of nitrogens with zero attached hydrogens (tertiary/aromatic N) is 3. The first kappa shape index (κ1) is 23.2. The SMILES string of the molecule is C=CCn1c(CS(=O)(=O)c2ccc(C)cc2)nnc1SCc1c(Cl)ccc(Cl)c1Cl. The van der Waals surface area contributed by atoms with Crippen LogP contribution in [-0.2, 0) is 27.9 Å². The predicted octanol–water partition coefficient (Wildman–Crippen LogP) is 6.00. The molecule has 2 aromatic carbocycles. The van der Waals surface area contributed by atoms with Crippen molar-refractivity contribution in [2.45, 2.75) is 35.0 Å². The van der Waals surface area contributed by atoms with E-state index in [9.17, 15) is 8.42 Å². The van der Waals surface area contributed by atoms with E-state index in [2.05, 4.69) is 16.8 Å². The largest absolute Gasteiger partial charge is 0.301 e. The van der Waals surface area contributed by atoms with Crippen molar-refractivity contribution < 1.29 is 8.42 Å². The van der Waals surface area contributed by atoms with Gasteiger partial charge in [-0.15, -0.1) is 16.8 Å². The maximum atomic E-state index is 12.8. The van der Waals surface area contributed by atoms with Gasteiger partial charge in [-0.2, -0.15) is 0 Å². The highest BCUT2D eigenvalue weighted by atomic mass is 35.5. The third kappa shape index (κ3) is 5.21. The van der Waals surface area contributed by atoms with E-state index in [1.807, 2.05) is 6.92 Å². The Kier molecular flexibility index (Phi) is 7.52. The summed E-state index contributed by atoms with van der Waals surface area (Å²) in [6.45, 7) is 6.01. The predicted molar refractivity (Wildman–Crippen MR) is 123 cm³/mol. The number of hydrogen-bond donors (Lipinski definition) is 0. The average Bonchev–Trinajstić information content (AvgIpc) is 3.06. The number of benzene rings is 2. The Morgan fingerprint density at radius 2 is 1.73 bits per heavy atom. The van der Waals surface area contributed by atoms with Crippen molar-refractivity contribution in [3.8, 4) is 0 Å². The third-order valence-corrected chi connectivity index (χ3v) is 8.11. The monoisotopic (exact) mass is 501 g/mol. The number of aromatic nitrogens is 3. The summed E-state index contributed by atoms with van der Waals surface area (Å²) in [7, 11) is -3.57. The van der Waals surface area contributed by atoms with Gasteiger partial charge in [0.2, 0.25) is 0 Å². The number of rotatable bonds is 8. The molecule has 30 heavy (non-hydrogen) atoms. The summed E-state index contributed by atoms with van der Waals surface area (Å²) in [4.78, 5) is 0.243. The lowest BCUT2D eigenvalue weighted by Crippen LogP contribution is -2.11. The lowest BCUT2D eigenvalue weighted by atomic mass is 10.2. The first-order chi connectivity index (χ1) is 14.2. The minimum atomic E-state index is -3.57. The maximum absolute atomic E-state index is 12.8. The van der Waals surface area contributed by atoms with Crippen molar-refractivity contribution in [2.24, 2.45) is 0 Å². The van der Waals surface area contributed by atoms with Gasteiger partial charge in [0, 0.05) is 22.9 Å². The molecule has 1 aromatic heterocycles. The van der Waals surface area contributed by atoms with Crippen molar-refractivity contribution in [1.82, 2.24) is 14.8 Å². The van der Waals surface area contributed by atoms with E-state index in [1.165, 1.54) is 11.8 Å². The van der Waals surface area contributed by atoms with Crippen LogP contribution in [0.4, 0.5) is 0 Å². The van der Waals surface area contributed by atoms with Gasteiger partial charge in [-0.25, -0.2) is 8.42 Å². The van der Waals surface area contributed by atoms with Crippen LogP contribution in [0.3, 0.4) is 0 Å². The summed E-state index contributed by atoms with van der Waals surface area (Å²) in [5.41, 5.74) is 1.67. The van der Waals surface area contributed by atoms with Gasteiger partial charge < -0.3 is 4.57 Å². The van der Waals surface area contributed by atoms with Gasteiger partial charge in [-0.1, -0.05) is 70.3 Å². The molecular weight excluding hydrogens is 485 g/mol. The Balaban J connectivity index is 1.86. The normalized spacial score (nSPS) is 11.6. The van der Waals surface area contributed by atoms with Crippen molar-refractivity contribution in [2.75, 3.05) is 0 Å². The van der Waals surface area contributed by atoms with Crippen molar-refractivity contribution >= 4 is 56.4 Å². The number of halogens is 3. The molecule has 10 heteroatoms. The van der Waals surface area contributed by atoms with E-state index in [-0.39, 0.29) is 10.6 Å². The minimum Gasteiger partial charge on any atom is -0.301 e. The van der Waals surface area contributed by atoms with Crippen LogP contribution in [0, 0.1) is 6.92 Å². The Hall–Kier alpha value is -1.51. The molecule has 5 nitrogen and oxygen atoms in total. The highest BCUT2D eigenvalue weighted by molar-refractivity contribution is 7.98. The van der Waals surface area contributed by atoms with Gasteiger partial charge in [0.1, 0.15) is 11.6 Å². The highest BCUT2D eigenvalue weighted by Gasteiger charge is 2.22. The average molecular weight is 503 g/mol. The number of thioether (sulfide) groups is 1. The molecule has 0 aliphatic rings. The zero-order chi connectivity index (χ0) is 21.9. The molecule has 0 atom stereocenters. The minimum absolute atomic E-state index is 0.243. The van der Waals surface area contributed by atoms with Crippen LogP contribution >= 0.6 is 46.6 Å². The third-order valence-electron chi connectivity index (χ3n) is 4.29. The quantitative estimate of drug-likeness (QED) is 0.215. The summed E-state index contributed by atoms with van der Waals surface area (Å²) in [5.74, 6) is 0.468. The Bertz CT molecular complexity index is 1180. The molecule has 0 fully saturated rings. The van der Waals surface area contributed by atoms with E-state index in [1.54, 1.807) is 47.0 Å². The van der Waals surface area contributed by atoms with E-state index >= 15 is 0 Å². The summed E-state index contributed by atoms with van der Waals surface area (Å²) in [6.07, 6.45) is 1.66. The van der Waals surface area contributed by atoms with Gasteiger partial charge in [0.05, 0.1) is 14.9 Å². The number of allylic oxidation sites excluding steroid dienone is 1. The van der Waals surface area contributed by atoms with Crippen LogP contribution in [0.15, 0.2) is 59.1 Å². The molecule has 0 spiro atoms. The number of sulfone groups is 1. The second kappa shape index (κ2) is 9.75.